The van der Waals surface area contributed by atoms with Gasteiger partial charge in [-0.25, -0.2) is 4.68 Å². The first-order chi connectivity index (χ1) is 13.1. The predicted molar refractivity (Wildman–Crippen MR) is 108 cm³/mol. The first-order valence-corrected chi connectivity index (χ1v) is 9.56. The van der Waals surface area contributed by atoms with Crippen molar-refractivity contribution in [2.24, 2.45) is 0 Å². The number of aromatic nitrogens is 4. The molecule has 27 heavy (non-hydrogen) atoms. The summed E-state index contributed by atoms with van der Waals surface area (Å²) in [6, 6.07) is 14.3. The molecule has 0 bridgehead atoms. The zero-order valence-electron chi connectivity index (χ0n) is 14.0. The molecule has 1 N–H and O–H groups in total. The van der Waals surface area contributed by atoms with Crippen LogP contribution in [0.5, 0.6) is 0 Å². The molecule has 0 aliphatic rings. The predicted octanol–water partition coefficient (Wildman–Crippen LogP) is 4.64. The molecule has 1 unspecified atom stereocenters. The van der Waals surface area contributed by atoms with Gasteiger partial charge in [0.15, 0.2) is 0 Å². The fourth-order valence-corrected chi connectivity index (χ4v) is 3.87. The molecule has 0 radical (unpaired) electrons. The molecule has 138 valence electrons. The van der Waals surface area contributed by atoms with Crippen LogP contribution in [-0.4, -0.2) is 26.1 Å². The zero-order chi connectivity index (χ0) is 19.2. The number of tetrazole rings is 1. The van der Waals surface area contributed by atoms with Gasteiger partial charge in [-0.05, 0) is 34.2 Å². The Balaban J connectivity index is 1.88. The van der Waals surface area contributed by atoms with Crippen LogP contribution < -0.4 is 5.32 Å². The summed E-state index contributed by atoms with van der Waals surface area (Å²) in [4.78, 5) is 13.0. The van der Waals surface area contributed by atoms with Crippen molar-refractivity contribution in [2.45, 2.75) is 17.0 Å². The van der Waals surface area contributed by atoms with Gasteiger partial charge >= 0.3 is 0 Å². The van der Waals surface area contributed by atoms with Crippen LogP contribution >= 0.6 is 35.0 Å². The largest absolute Gasteiger partial charge is 0.325 e. The Morgan fingerprint density at radius 3 is 2.59 bits per heavy atom. The number of thioether (sulfide) groups is 1. The number of hydrogen-bond acceptors (Lipinski definition) is 5. The smallest absolute Gasteiger partial charge is 0.242 e. The fraction of sp³-hybridized carbons (Fsp3) is 0.111. The molecule has 1 amide bonds. The SMILES string of the molecule is C=CCn1nnnc1SC(C(=O)Nc1cc(Cl)cc(Cl)c1)c1ccccc1. The Bertz CT molecular complexity index is 928. The van der Waals surface area contributed by atoms with E-state index < -0.39 is 5.25 Å². The highest BCUT2D eigenvalue weighted by Gasteiger charge is 2.25. The van der Waals surface area contributed by atoms with Crippen molar-refractivity contribution in [3.63, 3.8) is 0 Å². The molecule has 9 heteroatoms. The van der Waals surface area contributed by atoms with E-state index in [0.29, 0.717) is 27.4 Å². The summed E-state index contributed by atoms with van der Waals surface area (Å²) in [5.41, 5.74) is 1.34. The van der Waals surface area contributed by atoms with E-state index in [1.807, 2.05) is 30.3 Å². The number of hydrogen-bond donors (Lipinski definition) is 1. The number of nitrogens with zero attached hydrogens (tertiary/aromatic N) is 4. The second-order valence-corrected chi connectivity index (χ2v) is 7.43. The van der Waals surface area contributed by atoms with Crippen molar-refractivity contribution < 1.29 is 4.79 Å². The van der Waals surface area contributed by atoms with Crippen LogP contribution in [0.25, 0.3) is 0 Å². The molecule has 2 aromatic carbocycles. The van der Waals surface area contributed by atoms with Crippen molar-refractivity contribution in [3.05, 3.63) is 76.8 Å². The molecule has 3 aromatic rings. The molecule has 0 saturated carbocycles. The topological polar surface area (TPSA) is 72.7 Å². The maximum absolute atomic E-state index is 13.0. The van der Waals surface area contributed by atoms with Crippen LogP contribution in [0.1, 0.15) is 10.8 Å². The van der Waals surface area contributed by atoms with Crippen molar-refractivity contribution in [1.29, 1.82) is 0 Å². The van der Waals surface area contributed by atoms with Gasteiger partial charge in [0.1, 0.15) is 5.25 Å². The fourth-order valence-electron chi connectivity index (χ4n) is 2.36. The Morgan fingerprint density at radius 1 is 1.22 bits per heavy atom. The van der Waals surface area contributed by atoms with Gasteiger partial charge in [0.05, 0.1) is 6.54 Å². The monoisotopic (exact) mass is 419 g/mol. The van der Waals surface area contributed by atoms with Crippen molar-refractivity contribution in [1.82, 2.24) is 20.2 Å². The van der Waals surface area contributed by atoms with E-state index in [1.54, 1.807) is 29.0 Å². The maximum Gasteiger partial charge on any atom is 0.242 e. The lowest BCUT2D eigenvalue weighted by molar-refractivity contribution is -0.115. The summed E-state index contributed by atoms with van der Waals surface area (Å²) in [6.07, 6.45) is 1.69. The van der Waals surface area contributed by atoms with Gasteiger partial charge in [0.2, 0.25) is 11.1 Å². The highest BCUT2D eigenvalue weighted by Crippen LogP contribution is 2.35. The standard InChI is InChI=1S/C18H15Cl2N5OS/c1-2-8-25-18(22-23-24-25)27-16(12-6-4-3-5-7-12)17(26)21-15-10-13(19)9-14(20)11-15/h2-7,9-11,16H,1,8H2,(H,21,26). The van der Waals surface area contributed by atoms with Gasteiger partial charge in [-0.3, -0.25) is 4.79 Å². The minimum Gasteiger partial charge on any atom is -0.325 e. The molecule has 6 nitrogen and oxygen atoms in total. The third-order valence-electron chi connectivity index (χ3n) is 3.49. The number of nitrogens with one attached hydrogen (secondary N) is 1. The molecule has 1 atom stereocenters. The summed E-state index contributed by atoms with van der Waals surface area (Å²) in [5, 5.41) is 15.3. The third kappa shape index (κ3) is 5.09. The first-order valence-electron chi connectivity index (χ1n) is 7.92. The van der Waals surface area contributed by atoms with Gasteiger partial charge < -0.3 is 5.32 Å². The number of rotatable bonds is 7. The Morgan fingerprint density at radius 2 is 1.93 bits per heavy atom. The normalized spacial score (nSPS) is 11.8. The van der Waals surface area contributed by atoms with Crippen LogP contribution in [-0.2, 0) is 11.3 Å². The first kappa shape index (κ1) is 19.4. The molecule has 0 spiro atoms. The summed E-state index contributed by atoms with van der Waals surface area (Å²) < 4.78 is 1.58. The number of allylic oxidation sites excluding steroid dienone is 1. The molecule has 0 saturated heterocycles. The summed E-state index contributed by atoms with van der Waals surface area (Å²) in [6.45, 7) is 4.14. The molecule has 1 heterocycles. The summed E-state index contributed by atoms with van der Waals surface area (Å²) in [5.74, 6) is -0.238. The van der Waals surface area contributed by atoms with E-state index in [1.165, 1.54) is 11.8 Å². The molecular formula is C18H15Cl2N5OS. The Kier molecular flexibility index (Phi) is 6.49. The van der Waals surface area contributed by atoms with Crippen molar-refractivity contribution >= 4 is 46.6 Å². The lowest BCUT2D eigenvalue weighted by atomic mass is 10.1. The summed E-state index contributed by atoms with van der Waals surface area (Å²) in [7, 11) is 0. The minimum atomic E-state index is -0.571. The van der Waals surface area contributed by atoms with E-state index in [2.05, 4.69) is 27.4 Å². The van der Waals surface area contributed by atoms with Gasteiger partial charge in [0.25, 0.3) is 0 Å². The average molecular weight is 420 g/mol. The number of halogens is 2. The number of carbonyl (C=O) groups is 1. The van der Waals surface area contributed by atoms with E-state index in [0.717, 1.165) is 5.56 Å². The van der Waals surface area contributed by atoms with Gasteiger partial charge in [0, 0.05) is 15.7 Å². The summed E-state index contributed by atoms with van der Waals surface area (Å²) >= 11 is 13.3. The van der Waals surface area contributed by atoms with Crippen molar-refractivity contribution in [2.75, 3.05) is 5.32 Å². The number of amides is 1. The second-order valence-electron chi connectivity index (χ2n) is 5.49. The quantitative estimate of drug-likeness (QED) is 0.446. The molecule has 3 rings (SSSR count). The minimum absolute atomic E-state index is 0.238. The van der Waals surface area contributed by atoms with Crippen LogP contribution in [0.15, 0.2) is 66.3 Å². The molecule has 1 aromatic heterocycles. The highest BCUT2D eigenvalue weighted by molar-refractivity contribution is 8.00. The lowest BCUT2D eigenvalue weighted by Gasteiger charge is -2.16. The molecule has 0 aliphatic heterocycles. The van der Waals surface area contributed by atoms with Crippen LogP contribution in [0.2, 0.25) is 10.0 Å². The number of carbonyl (C=O) groups excluding carboxylic acids is 1. The second kappa shape index (κ2) is 9.03. The van der Waals surface area contributed by atoms with Crippen molar-refractivity contribution in [3.8, 4) is 0 Å². The van der Waals surface area contributed by atoms with E-state index in [4.69, 9.17) is 23.2 Å². The Hall–Kier alpha value is -2.35. The third-order valence-corrected chi connectivity index (χ3v) is 5.16. The highest BCUT2D eigenvalue weighted by atomic mass is 35.5. The van der Waals surface area contributed by atoms with Gasteiger partial charge in [-0.2, -0.15) is 0 Å². The van der Waals surface area contributed by atoms with Crippen LogP contribution in [0, 0.1) is 0 Å². The number of anilines is 1. The van der Waals surface area contributed by atoms with E-state index in [-0.39, 0.29) is 5.91 Å². The van der Waals surface area contributed by atoms with Gasteiger partial charge in [-0.15, -0.1) is 11.7 Å². The Labute approximate surface area is 170 Å². The average Bonchev–Trinajstić information content (AvgIpc) is 3.06. The molecule has 0 fully saturated rings. The lowest BCUT2D eigenvalue weighted by Crippen LogP contribution is -2.19. The van der Waals surface area contributed by atoms with E-state index >= 15 is 0 Å². The zero-order valence-corrected chi connectivity index (χ0v) is 16.4. The van der Waals surface area contributed by atoms with Crippen LogP contribution in [0.3, 0.4) is 0 Å². The maximum atomic E-state index is 13.0. The molecular weight excluding hydrogens is 405 g/mol. The van der Waals surface area contributed by atoms with Crippen LogP contribution in [0.4, 0.5) is 5.69 Å². The molecule has 0 aliphatic carbocycles. The van der Waals surface area contributed by atoms with Gasteiger partial charge in [-0.1, -0.05) is 71.4 Å². The van der Waals surface area contributed by atoms with E-state index in [9.17, 15) is 4.79 Å². The number of benzene rings is 2.